The molecular formula is C13H19N3O3. The van der Waals surface area contributed by atoms with Crippen LogP contribution in [0.15, 0.2) is 6.33 Å². The van der Waals surface area contributed by atoms with Crippen molar-refractivity contribution in [3.8, 4) is 5.88 Å². The number of hydrogen-bond donors (Lipinski definition) is 2. The van der Waals surface area contributed by atoms with Gasteiger partial charge >= 0.3 is 5.97 Å². The number of imidazole rings is 1. The van der Waals surface area contributed by atoms with Crippen LogP contribution in [0.5, 0.6) is 5.88 Å². The summed E-state index contributed by atoms with van der Waals surface area (Å²) in [7, 11) is 0. The van der Waals surface area contributed by atoms with Crippen LogP contribution in [-0.2, 0) is 4.79 Å². The van der Waals surface area contributed by atoms with Gasteiger partial charge in [-0.15, -0.1) is 0 Å². The number of carbonyl (C=O) groups is 2. The van der Waals surface area contributed by atoms with E-state index in [4.69, 9.17) is 10.5 Å². The van der Waals surface area contributed by atoms with E-state index in [0.29, 0.717) is 0 Å². The molecule has 0 aliphatic heterocycles. The Morgan fingerprint density at radius 1 is 1.21 bits per heavy atom. The van der Waals surface area contributed by atoms with Crippen molar-refractivity contribution in [3.05, 3.63) is 12.0 Å². The van der Waals surface area contributed by atoms with E-state index in [1.807, 2.05) is 0 Å². The second kappa shape index (κ2) is 6.36. The summed E-state index contributed by atoms with van der Waals surface area (Å²) in [5, 5.41) is 0. The van der Waals surface area contributed by atoms with Crippen LogP contribution < -0.4 is 10.5 Å². The Balaban J connectivity index is 1.99. The van der Waals surface area contributed by atoms with E-state index in [2.05, 4.69) is 9.97 Å². The van der Waals surface area contributed by atoms with E-state index in [0.717, 1.165) is 25.7 Å². The van der Waals surface area contributed by atoms with Gasteiger partial charge in [-0.2, -0.15) is 0 Å². The molecule has 3 N–H and O–H groups in total. The number of esters is 1. The van der Waals surface area contributed by atoms with Gasteiger partial charge in [0.15, 0.2) is 5.69 Å². The highest BCUT2D eigenvalue weighted by Crippen LogP contribution is 2.24. The van der Waals surface area contributed by atoms with Crippen molar-refractivity contribution in [2.45, 2.75) is 44.9 Å². The summed E-state index contributed by atoms with van der Waals surface area (Å²) >= 11 is 0. The zero-order chi connectivity index (χ0) is 13.7. The van der Waals surface area contributed by atoms with E-state index in [1.54, 1.807) is 0 Å². The average molecular weight is 265 g/mol. The number of hydrogen-bond acceptors (Lipinski definition) is 4. The number of rotatable bonds is 3. The van der Waals surface area contributed by atoms with Gasteiger partial charge in [-0.3, -0.25) is 9.59 Å². The number of aromatic amines is 1. The van der Waals surface area contributed by atoms with Gasteiger partial charge in [-0.05, 0) is 12.8 Å². The number of amides is 1. The molecule has 1 saturated carbocycles. The van der Waals surface area contributed by atoms with Gasteiger partial charge in [0.2, 0.25) is 0 Å². The van der Waals surface area contributed by atoms with Crippen LogP contribution in [0, 0.1) is 5.92 Å². The predicted molar refractivity (Wildman–Crippen MR) is 68.5 cm³/mol. The molecular weight excluding hydrogens is 246 g/mol. The fraction of sp³-hybridized carbons (Fsp3) is 0.615. The van der Waals surface area contributed by atoms with Crippen molar-refractivity contribution >= 4 is 11.9 Å². The molecule has 2 rings (SSSR count). The molecule has 1 aromatic heterocycles. The Morgan fingerprint density at radius 3 is 2.47 bits per heavy atom. The molecule has 1 amide bonds. The number of nitrogens with zero attached hydrogens (tertiary/aromatic N) is 1. The van der Waals surface area contributed by atoms with Gasteiger partial charge in [0.05, 0.1) is 12.2 Å². The molecule has 0 atom stereocenters. The van der Waals surface area contributed by atoms with Gasteiger partial charge < -0.3 is 15.5 Å². The lowest BCUT2D eigenvalue weighted by atomic mass is 9.91. The molecule has 1 aliphatic rings. The van der Waals surface area contributed by atoms with E-state index in [9.17, 15) is 9.59 Å². The monoisotopic (exact) mass is 265 g/mol. The number of nitrogens with one attached hydrogen (secondary N) is 1. The molecule has 104 valence electrons. The molecule has 0 bridgehead atoms. The first-order chi connectivity index (χ1) is 9.18. The van der Waals surface area contributed by atoms with Gasteiger partial charge in [0, 0.05) is 0 Å². The molecule has 19 heavy (non-hydrogen) atoms. The summed E-state index contributed by atoms with van der Waals surface area (Å²) < 4.78 is 5.20. The minimum Gasteiger partial charge on any atom is -0.405 e. The van der Waals surface area contributed by atoms with Crippen LogP contribution in [-0.4, -0.2) is 21.8 Å². The Bertz CT molecular complexity index is 448. The smallest absolute Gasteiger partial charge is 0.315 e. The number of carbonyl (C=O) groups excluding carboxylic acids is 2. The SMILES string of the molecule is NC(=O)c1[nH]cnc1OC(=O)C1CCCCCCC1. The van der Waals surface area contributed by atoms with Crippen molar-refractivity contribution in [2.75, 3.05) is 0 Å². The number of ether oxygens (including phenoxy) is 1. The highest BCUT2D eigenvalue weighted by Gasteiger charge is 2.24. The third kappa shape index (κ3) is 3.56. The summed E-state index contributed by atoms with van der Waals surface area (Å²) in [5.74, 6) is -1.10. The standard InChI is InChI=1S/C13H19N3O3/c14-11(17)10-12(16-8-15-10)19-13(18)9-6-4-2-1-3-5-7-9/h8-9H,1-7H2,(H2,14,17)(H,15,16). The van der Waals surface area contributed by atoms with Crippen molar-refractivity contribution in [3.63, 3.8) is 0 Å². The number of nitrogens with two attached hydrogens (primary N) is 1. The lowest BCUT2D eigenvalue weighted by Gasteiger charge is -2.17. The maximum atomic E-state index is 12.1. The van der Waals surface area contributed by atoms with Crippen molar-refractivity contribution in [1.29, 1.82) is 0 Å². The normalized spacial score (nSPS) is 17.5. The summed E-state index contributed by atoms with van der Waals surface area (Å²) in [6, 6.07) is 0. The summed E-state index contributed by atoms with van der Waals surface area (Å²) in [6.45, 7) is 0. The van der Waals surface area contributed by atoms with Crippen LogP contribution in [0.2, 0.25) is 0 Å². The Labute approximate surface area is 111 Å². The highest BCUT2D eigenvalue weighted by molar-refractivity contribution is 5.93. The molecule has 1 aliphatic carbocycles. The van der Waals surface area contributed by atoms with E-state index in [-0.39, 0.29) is 23.5 Å². The van der Waals surface area contributed by atoms with Crippen LogP contribution >= 0.6 is 0 Å². The molecule has 1 heterocycles. The van der Waals surface area contributed by atoms with Gasteiger partial charge in [0.1, 0.15) is 0 Å². The minimum absolute atomic E-state index is 0.0143. The lowest BCUT2D eigenvalue weighted by molar-refractivity contribution is -0.139. The second-order valence-corrected chi connectivity index (χ2v) is 4.91. The number of primary amides is 1. The first kappa shape index (κ1) is 13.6. The molecule has 0 saturated heterocycles. The Kier molecular flexibility index (Phi) is 4.54. The van der Waals surface area contributed by atoms with Gasteiger partial charge in [-0.1, -0.05) is 32.1 Å². The Hall–Kier alpha value is -1.85. The molecule has 1 aromatic rings. The first-order valence-corrected chi connectivity index (χ1v) is 6.73. The van der Waals surface area contributed by atoms with E-state index >= 15 is 0 Å². The summed E-state index contributed by atoms with van der Waals surface area (Å²) in [4.78, 5) is 29.6. The van der Waals surface area contributed by atoms with Crippen LogP contribution in [0.1, 0.15) is 55.4 Å². The second-order valence-electron chi connectivity index (χ2n) is 4.91. The molecule has 0 radical (unpaired) electrons. The topological polar surface area (TPSA) is 98.1 Å². The van der Waals surface area contributed by atoms with Crippen molar-refractivity contribution < 1.29 is 14.3 Å². The zero-order valence-electron chi connectivity index (χ0n) is 10.9. The molecule has 0 aromatic carbocycles. The third-order valence-electron chi connectivity index (χ3n) is 3.49. The summed E-state index contributed by atoms with van der Waals surface area (Å²) in [6.07, 6.45) is 8.64. The van der Waals surface area contributed by atoms with Gasteiger partial charge in [0.25, 0.3) is 11.8 Å². The van der Waals surface area contributed by atoms with Crippen LogP contribution in [0.25, 0.3) is 0 Å². The molecule has 1 fully saturated rings. The van der Waals surface area contributed by atoms with Crippen LogP contribution in [0.3, 0.4) is 0 Å². The molecule has 0 unspecified atom stereocenters. The fourth-order valence-electron chi connectivity index (χ4n) is 2.41. The van der Waals surface area contributed by atoms with Gasteiger partial charge in [-0.25, -0.2) is 4.98 Å². The van der Waals surface area contributed by atoms with Crippen LogP contribution in [0.4, 0.5) is 0 Å². The predicted octanol–water partition coefficient (Wildman–Crippen LogP) is 1.77. The summed E-state index contributed by atoms with van der Waals surface area (Å²) in [5.41, 5.74) is 5.20. The maximum Gasteiger partial charge on any atom is 0.315 e. The zero-order valence-corrected chi connectivity index (χ0v) is 10.9. The number of H-pyrrole nitrogens is 1. The minimum atomic E-state index is -0.682. The first-order valence-electron chi connectivity index (χ1n) is 6.73. The molecule has 6 nitrogen and oxygen atoms in total. The maximum absolute atomic E-state index is 12.1. The van der Waals surface area contributed by atoms with Crippen molar-refractivity contribution in [1.82, 2.24) is 9.97 Å². The molecule has 6 heteroatoms. The largest absolute Gasteiger partial charge is 0.405 e. The highest BCUT2D eigenvalue weighted by atomic mass is 16.5. The number of aromatic nitrogens is 2. The Morgan fingerprint density at radius 2 is 1.84 bits per heavy atom. The van der Waals surface area contributed by atoms with E-state index in [1.165, 1.54) is 25.6 Å². The molecule has 0 spiro atoms. The van der Waals surface area contributed by atoms with Crippen molar-refractivity contribution in [2.24, 2.45) is 11.7 Å². The lowest BCUT2D eigenvalue weighted by Crippen LogP contribution is -2.23. The average Bonchev–Trinajstić information content (AvgIpc) is 2.76. The fourth-order valence-corrected chi connectivity index (χ4v) is 2.41. The third-order valence-corrected chi connectivity index (χ3v) is 3.49. The quantitative estimate of drug-likeness (QED) is 0.814. The van der Waals surface area contributed by atoms with E-state index < -0.39 is 5.91 Å².